The van der Waals surface area contributed by atoms with E-state index >= 15 is 0 Å². The van der Waals surface area contributed by atoms with Crippen LogP contribution in [0.25, 0.3) is 0 Å². The average Bonchev–Trinajstić information content (AvgIpc) is 2.98. The lowest BCUT2D eigenvalue weighted by molar-refractivity contribution is -0.128. The monoisotopic (exact) mass is 381 g/mol. The summed E-state index contributed by atoms with van der Waals surface area (Å²) in [4.78, 5) is 13.8. The predicted molar refractivity (Wildman–Crippen MR) is 97.8 cm³/mol. The van der Waals surface area contributed by atoms with E-state index < -0.39 is 0 Å². The lowest BCUT2D eigenvalue weighted by Crippen LogP contribution is -2.33. The summed E-state index contributed by atoms with van der Waals surface area (Å²) in [7, 11) is 1.70. The molecule has 0 spiro atoms. The Morgan fingerprint density at radius 3 is 3.04 bits per heavy atom. The Morgan fingerprint density at radius 2 is 2.33 bits per heavy atom. The molecule has 1 heterocycles. The Labute approximate surface area is 153 Å². The number of benzene rings is 1. The molecule has 0 fully saturated rings. The van der Waals surface area contributed by atoms with Gasteiger partial charge in [-0.1, -0.05) is 40.8 Å². The van der Waals surface area contributed by atoms with Crippen LogP contribution >= 0.6 is 34.7 Å². The van der Waals surface area contributed by atoms with E-state index in [4.69, 9.17) is 16.9 Å². The van der Waals surface area contributed by atoms with E-state index in [1.165, 1.54) is 23.1 Å². The Balaban J connectivity index is 1.93. The Hall–Kier alpha value is -1.82. The number of nitriles is 1. The van der Waals surface area contributed by atoms with Gasteiger partial charge in [0.15, 0.2) is 4.34 Å². The molecule has 0 aliphatic carbocycles. The standard InChI is InChI=1S/C15H16ClN5OS2/c1-10(13(22)21(2)8-4-7-17)23-15-20-19-14(24-15)18-12-6-3-5-11(16)9-12/h3,5-6,9-10H,4,8H2,1-2H3,(H,18,19)/t10-/m0/s1. The number of halogens is 1. The van der Waals surface area contributed by atoms with Crippen LogP contribution in [0.1, 0.15) is 13.3 Å². The zero-order valence-corrected chi connectivity index (χ0v) is 15.6. The number of nitrogens with zero attached hydrogens (tertiary/aromatic N) is 4. The number of hydrogen-bond donors (Lipinski definition) is 1. The molecule has 6 nitrogen and oxygen atoms in total. The van der Waals surface area contributed by atoms with Crippen molar-refractivity contribution in [1.29, 1.82) is 5.26 Å². The van der Waals surface area contributed by atoms with Crippen LogP contribution in [-0.4, -0.2) is 39.8 Å². The molecule has 2 aromatic rings. The van der Waals surface area contributed by atoms with E-state index in [0.29, 0.717) is 27.5 Å². The van der Waals surface area contributed by atoms with E-state index in [0.717, 1.165) is 5.69 Å². The van der Waals surface area contributed by atoms with E-state index in [-0.39, 0.29) is 11.2 Å². The van der Waals surface area contributed by atoms with Gasteiger partial charge in [-0.3, -0.25) is 4.79 Å². The summed E-state index contributed by atoms with van der Waals surface area (Å²) in [5.41, 5.74) is 0.829. The molecule has 0 saturated carbocycles. The molecule has 126 valence electrons. The zero-order chi connectivity index (χ0) is 17.5. The lowest BCUT2D eigenvalue weighted by atomic mass is 10.3. The third kappa shape index (κ3) is 5.37. The fraction of sp³-hybridized carbons (Fsp3) is 0.333. The molecule has 9 heteroatoms. The van der Waals surface area contributed by atoms with Gasteiger partial charge in [0.25, 0.3) is 0 Å². The van der Waals surface area contributed by atoms with Gasteiger partial charge < -0.3 is 10.2 Å². The highest BCUT2D eigenvalue weighted by molar-refractivity contribution is 8.02. The molecule has 0 aliphatic rings. The first-order valence-corrected chi connectivity index (χ1v) is 9.21. The molecule has 0 aliphatic heterocycles. The second kappa shape index (κ2) is 8.87. The highest BCUT2D eigenvalue weighted by Crippen LogP contribution is 2.31. The number of hydrogen-bond acceptors (Lipinski definition) is 7. The minimum absolute atomic E-state index is 0.0326. The second-order valence-electron chi connectivity index (χ2n) is 4.94. The SMILES string of the molecule is C[C@H](Sc1nnc(Nc2cccc(Cl)c2)s1)C(=O)N(C)CCC#N. The van der Waals surface area contributed by atoms with Gasteiger partial charge in [-0.15, -0.1) is 10.2 Å². The molecule has 1 atom stereocenters. The van der Waals surface area contributed by atoms with Crippen LogP contribution in [0.15, 0.2) is 28.6 Å². The van der Waals surface area contributed by atoms with Gasteiger partial charge in [0.05, 0.1) is 17.7 Å². The van der Waals surface area contributed by atoms with Gasteiger partial charge in [0.1, 0.15) is 0 Å². The molecule has 24 heavy (non-hydrogen) atoms. The molecular weight excluding hydrogens is 366 g/mol. The van der Waals surface area contributed by atoms with Crippen LogP contribution < -0.4 is 5.32 Å². The third-order valence-electron chi connectivity index (χ3n) is 3.04. The number of aromatic nitrogens is 2. The van der Waals surface area contributed by atoms with E-state index in [9.17, 15) is 4.79 Å². The minimum atomic E-state index is -0.291. The van der Waals surface area contributed by atoms with Crippen LogP contribution in [0.5, 0.6) is 0 Å². The second-order valence-corrected chi connectivity index (χ2v) is 7.94. The Kier molecular flexibility index (Phi) is 6.85. The molecular formula is C15H16ClN5OS2. The summed E-state index contributed by atoms with van der Waals surface area (Å²) in [6, 6.07) is 9.36. The summed E-state index contributed by atoms with van der Waals surface area (Å²) >= 11 is 8.67. The first-order chi connectivity index (χ1) is 11.5. The fourth-order valence-corrected chi connectivity index (χ4v) is 4.06. The van der Waals surface area contributed by atoms with E-state index in [2.05, 4.69) is 15.5 Å². The zero-order valence-electron chi connectivity index (χ0n) is 13.2. The number of anilines is 2. The molecule has 1 aromatic carbocycles. The van der Waals surface area contributed by atoms with Crippen molar-refractivity contribution in [3.8, 4) is 6.07 Å². The first-order valence-electron chi connectivity index (χ1n) is 7.14. The van der Waals surface area contributed by atoms with Crippen LogP contribution in [0.2, 0.25) is 5.02 Å². The number of thioether (sulfide) groups is 1. The highest BCUT2D eigenvalue weighted by atomic mass is 35.5. The summed E-state index contributed by atoms with van der Waals surface area (Å²) in [6.45, 7) is 2.25. The summed E-state index contributed by atoms with van der Waals surface area (Å²) in [6.07, 6.45) is 0.326. The van der Waals surface area contributed by atoms with Crippen molar-refractivity contribution in [3.05, 3.63) is 29.3 Å². The van der Waals surface area contributed by atoms with Gasteiger partial charge in [-0.2, -0.15) is 5.26 Å². The van der Waals surface area contributed by atoms with Crippen LogP contribution in [-0.2, 0) is 4.79 Å². The molecule has 1 aromatic heterocycles. The van der Waals surface area contributed by atoms with Crippen molar-refractivity contribution < 1.29 is 4.79 Å². The molecule has 1 amide bonds. The summed E-state index contributed by atoms with van der Waals surface area (Å²) < 4.78 is 0.703. The van der Waals surface area contributed by atoms with Crippen molar-refractivity contribution in [2.45, 2.75) is 22.9 Å². The minimum Gasteiger partial charge on any atom is -0.344 e. The number of nitrogens with one attached hydrogen (secondary N) is 1. The normalized spacial score (nSPS) is 11.6. The topological polar surface area (TPSA) is 81.9 Å². The lowest BCUT2D eigenvalue weighted by Gasteiger charge is -2.18. The van der Waals surface area contributed by atoms with Crippen molar-refractivity contribution >= 4 is 51.4 Å². The molecule has 2 rings (SSSR count). The molecule has 0 unspecified atom stereocenters. The van der Waals surface area contributed by atoms with Gasteiger partial charge in [-0.05, 0) is 25.1 Å². The van der Waals surface area contributed by atoms with E-state index in [1.807, 2.05) is 25.1 Å². The number of carbonyl (C=O) groups is 1. The average molecular weight is 382 g/mol. The van der Waals surface area contributed by atoms with E-state index in [1.54, 1.807) is 24.1 Å². The predicted octanol–water partition coefficient (Wildman–Crippen LogP) is 3.79. The van der Waals surface area contributed by atoms with Gasteiger partial charge >= 0.3 is 0 Å². The maximum atomic E-state index is 12.2. The van der Waals surface area contributed by atoms with Gasteiger partial charge in [0, 0.05) is 24.3 Å². The Bertz CT molecular complexity index is 745. The van der Waals surface area contributed by atoms with Crippen LogP contribution in [0, 0.1) is 11.3 Å². The highest BCUT2D eigenvalue weighted by Gasteiger charge is 2.20. The molecule has 0 saturated heterocycles. The molecule has 0 bridgehead atoms. The van der Waals surface area contributed by atoms with Crippen molar-refractivity contribution in [2.24, 2.45) is 0 Å². The number of amides is 1. The van der Waals surface area contributed by atoms with Crippen molar-refractivity contribution in [3.63, 3.8) is 0 Å². The third-order valence-corrected chi connectivity index (χ3v) is 5.29. The fourth-order valence-electron chi connectivity index (χ4n) is 1.84. The Morgan fingerprint density at radius 1 is 1.54 bits per heavy atom. The summed E-state index contributed by atoms with van der Waals surface area (Å²) in [5, 5.41) is 20.9. The quantitative estimate of drug-likeness (QED) is 0.735. The molecule has 1 N–H and O–H groups in total. The number of carbonyl (C=O) groups excluding carboxylic acids is 1. The summed E-state index contributed by atoms with van der Waals surface area (Å²) in [5.74, 6) is -0.0326. The van der Waals surface area contributed by atoms with Gasteiger partial charge in [0.2, 0.25) is 11.0 Å². The van der Waals surface area contributed by atoms with Gasteiger partial charge in [-0.25, -0.2) is 0 Å². The van der Waals surface area contributed by atoms with Crippen molar-refractivity contribution in [2.75, 3.05) is 18.9 Å². The van der Waals surface area contributed by atoms with Crippen LogP contribution in [0.3, 0.4) is 0 Å². The van der Waals surface area contributed by atoms with Crippen molar-refractivity contribution in [1.82, 2.24) is 15.1 Å². The molecule has 0 radical (unpaired) electrons. The van der Waals surface area contributed by atoms with Crippen LogP contribution in [0.4, 0.5) is 10.8 Å². The smallest absolute Gasteiger partial charge is 0.235 e. The first kappa shape index (κ1) is 18.5. The number of rotatable bonds is 7. The maximum Gasteiger partial charge on any atom is 0.235 e. The maximum absolute atomic E-state index is 12.2. The largest absolute Gasteiger partial charge is 0.344 e.